The zero-order valence-corrected chi connectivity index (χ0v) is 11.0. The number of aromatic nitrogens is 1. The molecule has 0 saturated heterocycles. The minimum Gasteiger partial charge on any atom is -0.332 e. The second-order valence-corrected chi connectivity index (χ2v) is 4.75. The summed E-state index contributed by atoms with van der Waals surface area (Å²) in [6.07, 6.45) is 0. The zero-order valence-electron chi connectivity index (χ0n) is 10.2. The van der Waals surface area contributed by atoms with Gasteiger partial charge in [-0.05, 0) is 31.2 Å². The van der Waals surface area contributed by atoms with E-state index in [-0.39, 0.29) is 0 Å². The molecule has 0 aliphatic carbocycles. The Bertz CT molecular complexity index is 462. The van der Waals surface area contributed by atoms with Crippen molar-refractivity contribution in [3.05, 3.63) is 40.9 Å². The highest BCUT2D eigenvalue weighted by Gasteiger charge is 1.99. The quantitative estimate of drug-likeness (QED) is 0.851. The van der Waals surface area contributed by atoms with Gasteiger partial charge in [-0.2, -0.15) is 0 Å². The van der Waals surface area contributed by atoms with Gasteiger partial charge in [0, 0.05) is 17.6 Å². The van der Waals surface area contributed by atoms with Gasteiger partial charge in [-0.1, -0.05) is 19.1 Å². The molecule has 4 heteroatoms. The van der Waals surface area contributed by atoms with Crippen LogP contribution < -0.4 is 10.6 Å². The average molecular weight is 247 g/mol. The molecule has 3 nitrogen and oxygen atoms in total. The third-order valence-corrected chi connectivity index (χ3v) is 3.28. The molecule has 1 aromatic heterocycles. The molecular formula is C13H17N3S. The van der Waals surface area contributed by atoms with Crippen molar-refractivity contribution in [3.8, 4) is 0 Å². The van der Waals surface area contributed by atoms with Gasteiger partial charge >= 0.3 is 0 Å². The first kappa shape index (κ1) is 12.1. The predicted octanol–water partition coefficient (Wildman–Crippen LogP) is 3.30. The minimum atomic E-state index is 0.924. The van der Waals surface area contributed by atoms with Crippen molar-refractivity contribution >= 4 is 22.2 Å². The largest absolute Gasteiger partial charge is 0.332 e. The number of nitrogens with one attached hydrogen (secondary N) is 2. The highest BCUT2D eigenvalue weighted by molar-refractivity contribution is 7.13. The van der Waals surface area contributed by atoms with Gasteiger partial charge in [0.15, 0.2) is 5.13 Å². The number of hydrogen-bond acceptors (Lipinski definition) is 4. The highest BCUT2D eigenvalue weighted by Crippen LogP contribution is 2.20. The van der Waals surface area contributed by atoms with Crippen LogP contribution in [-0.4, -0.2) is 11.5 Å². The predicted molar refractivity (Wildman–Crippen MR) is 74.0 cm³/mol. The maximum atomic E-state index is 4.37. The summed E-state index contributed by atoms with van der Waals surface area (Å²) >= 11 is 1.63. The molecule has 1 aromatic carbocycles. The van der Waals surface area contributed by atoms with E-state index in [1.807, 2.05) is 12.3 Å². The van der Waals surface area contributed by atoms with Crippen LogP contribution in [0.25, 0.3) is 0 Å². The first-order chi connectivity index (χ1) is 8.28. The van der Waals surface area contributed by atoms with E-state index in [4.69, 9.17) is 0 Å². The van der Waals surface area contributed by atoms with Crippen molar-refractivity contribution in [3.63, 3.8) is 0 Å². The molecule has 0 spiro atoms. The smallest absolute Gasteiger partial charge is 0.187 e. The Kier molecular flexibility index (Phi) is 4.12. The first-order valence-corrected chi connectivity index (χ1v) is 6.64. The van der Waals surface area contributed by atoms with Crippen LogP contribution in [0.15, 0.2) is 29.6 Å². The van der Waals surface area contributed by atoms with Gasteiger partial charge in [0.05, 0.1) is 5.69 Å². The van der Waals surface area contributed by atoms with Crippen molar-refractivity contribution in [2.45, 2.75) is 20.4 Å². The van der Waals surface area contributed by atoms with Gasteiger partial charge < -0.3 is 10.6 Å². The lowest BCUT2D eigenvalue weighted by molar-refractivity contribution is 0.727. The molecule has 0 aliphatic heterocycles. The van der Waals surface area contributed by atoms with Crippen LogP contribution in [0, 0.1) is 6.92 Å². The fourth-order valence-electron chi connectivity index (χ4n) is 1.51. The van der Waals surface area contributed by atoms with Crippen LogP contribution in [0.4, 0.5) is 10.8 Å². The number of aryl methyl sites for hydroxylation is 1. The summed E-state index contributed by atoms with van der Waals surface area (Å²) in [6.45, 7) is 6.04. The summed E-state index contributed by atoms with van der Waals surface area (Å²) in [5.74, 6) is 0. The Morgan fingerprint density at radius 2 is 2.00 bits per heavy atom. The van der Waals surface area contributed by atoms with Crippen molar-refractivity contribution in [2.24, 2.45) is 0 Å². The Morgan fingerprint density at radius 3 is 2.59 bits per heavy atom. The fraction of sp³-hybridized carbons (Fsp3) is 0.308. The van der Waals surface area contributed by atoms with Crippen LogP contribution in [0.5, 0.6) is 0 Å². The van der Waals surface area contributed by atoms with Crippen LogP contribution in [-0.2, 0) is 6.54 Å². The Hall–Kier alpha value is -1.39. The monoisotopic (exact) mass is 247 g/mol. The molecule has 0 aliphatic rings. The lowest BCUT2D eigenvalue weighted by atomic mass is 10.2. The number of anilines is 2. The van der Waals surface area contributed by atoms with Crippen LogP contribution in [0.3, 0.4) is 0 Å². The number of hydrogen-bond donors (Lipinski definition) is 2. The summed E-state index contributed by atoms with van der Waals surface area (Å²) < 4.78 is 0. The normalized spacial score (nSPS) is 10.5. The molecule has 0 bridgehead atoms. The number of rotatable bonds is 5. The molecule has 90 valence electrons. The van der Waals surface area contributed by atoms with Gasteiger partial charge in [-0.25, -0.2) is 4.98 Å². The molecule has 0 atom stereocenters. The molecule has 2 N–H and O–H groups in total. The standard InChI is InChI=1S/C13H17N3S/c1-3-14-8-11-4-6-12(7-5-11)16-13-15-10(2)9-17-13/h4-7,9,14H,3,8H2,1-2H3,(H,15,16). The zero-order chi connectivity index (χ0) is 12.1. The summed E-state index contributed by atoms with van der Waals surface area (Å²) in [6, 6.07) is 8.43. The van der Waals surface area contributed by atoms with E-state index >= 15 is 0 Å². The molecule has 0 amide bonds. The molecule has 2 rings (SSSR count). The van der Waals surface area contributed by atoms with Crippen LogP contribution in [0.1, 0.15) is 18.2 Å². The number of nitrogens with zero attached hydrogens (tertiary/aromatic N) is 1. The van der Waals surface area contributed by atoms with E-state index in [9.17, 15) is 0 Å². The lowest BCUT2D eigenvalue weighted by Crippen LogP contribution is -2.11. The summed E-state index contributed by atoms with van der Waals surface area (Å²) in [5.41, 5.74) is 3.44. The van der Waals surface area contributed by atoms with Crippen molar-refractivity contribution in [1.29, 1.82) is 0 Å². The third kappa shape index (κ3) is 3.54. The van der Waals surface area contributed by atoms with Gasteiger partial charge in [0.25, 0.3) is 0 Å². The van der Waals surface area contributed by atoms with E-state index in [1.54, 1.807) is 11.3 Å². The minimum absolute atomic E-state index is 0.924. The molecular weight excluding hydrogens is 230 g/mol. The van der Waals surface area contributed by atoms with Crippen molar-refractivity contribution < 1.29 is 0 Å². The average Bonchev–Trinajstić information content (AvgIpc) is 2.74. The molecule has 1 heterocycles. The lowest BCUT2D eigenvalue weighted by Gasteiger charge is -2.05. The van der Waals surface area contributed by atoms with Gasteiger partial charge in [0.2, 0.25) is 0 Å². The van der Waals surface area contributed by atoms with Crippen LogP contribution in [0.2, 0.25) is 0 Å². The maximum absolute atomic E-state index is 4.37. The molecule has 0 fully saturated rings. The number of thiazole rings is 1. The van der Waals surface area contributed by atoms with Crippen molar-refractivity contribution in [1.82, 2.24) is 10.3 Å². The van der Waals surface area contributed by atoms with E-state index in [2.05, 4.69) is 46.8 Å². The third-order valence-electron chi connectivity index (χ3n) is 2.40. The van der Waals surface area contributed by atoms with Crippen molar-refractivity contribution in [2.75, 3.05) is 11.9 Å². The summed E-state index contributed by atoms with van der Waals surface area (Å²) in [4.78, 5) is 4.37. The van der Waals surface area contributed by atoms with E-state index in [0.29, 0.717) is 0 Å². The molecule has 0 saturated carbocycles. The summed E-state index contributed by atoms with van der Waals surface area (Å²) in [5, 5.41) is 9.59. The van der Waals surface area contributed by atoms with E-state index < -0.39 is 0 Å². The van der Waals surface area contributed by atoms with Gasteiger partial charge in [-0.3, -0.25) is 0 Å². The molecule has 2 aromatic rings. The maximum Gasteiger partial charge on any atom is 0.187 e. The van der Waals surface area contributed by atoms with E-state index in [1.165, 1.54) is 5.56 Å². The highest BCUT2D eigenvalue weighted by atomic mass is 32.1. The Balaban J connectivity index is 1.98. The topological polar surface area (TPSA) is 37.0 Å². The SMILES string of the molecule is CCNCc1ccc(Nc2nc(C)cs2)cc1. The second-order valence-electron chi connectivity index (χ2n) is 3.90. The van der Waals surface area contributed by atoms with Gasteiger partial charge in [-0.15, -0.1) is 11.3 Å². The molecule has 0 radical (unpaired) electrons. The number of benzene rings is 1. The van der Waals surface area contributed by atoms with Crippen LogP contribution >= 0.6 is 11.3 Å². The molecule has 0 unspecified atom stereocenters. The first-order valence-electron chi connectivity index (χ1n) is 5.76. The fourth-order valence-corrected chi connectivity index (χ4v) is 2.22. The molecule has 17 heavy (non-hydrogen) atoms. The summed E-state index contributed by atoms with van der Waals surface area (Å²) in [7, 11) is 0. The van der Waals surface area contributed by atoms with Gasteiger partial charge in [0.1, 0.15) is 0 Å². The second kappa shape index (κ2) is 5.80. The van der Waals surface area contributed by atoms with E-state index in [0.717, 1.165) is 29.6 Å². The Morgan fingerprint density at radius 1 is 1.24 bits per heavy atom. The Labute approximate surface area is 106 Å².